The summed E-state index contributed by atoms with van der Waals surface area (Å²) >= 11 is 0. The summed E-state index contributed by atoms with van der Waals surface area (Å²) in [5.41, 5.74) is 2.03. The van der Waals surface area contributed by atoms with Crippen LogP contribution in [0.4, 0.5) is 5.69 Å². The number of esters is 1. The lowest BCUT2D eigenvalue weighted by atomic mass is 10.1. The average Bonchev–Trinajstić information content (AvgIpc) is 3.12. The van der Waals surface area contributed by atoms with Crippen LogP contribution in [0.3, 0.4) is 0 Å². The van der Waals surface area contributed by atoms with Gasteiger partial charge in [0.05, 0.1) is 10.5 Å². The Morgan fingerprint density at radius 1 is 1.19 bits per heavy atom. The minimum Gasteiger partial charge on any atom is -0.449 e. The maximum Gasteiger partial charge on any atom is 0.339 e. The summed E-state index contributed by atoms with van der Waals surface area (Å²) in [5.74, 6) is -0.231. The molecule has 1 aromatic heterocycles. The van der Waals surface area contributed by atoms with Crippen molar-refractivity contribution in [2.45, 2.75) is 26.9 Å². The number of nitro benzene ring substituents is 1. The number of hydrogen-bond acceptors (Lipinski definition) is 7. The molecule has 0 aliphatic carbocycles. The van der Waals surface area contributed by atoms with Crippen LogP contribution in [0.15, 0.2) is 46.9 Å². The molecule has 0 fully saturated rings. The van der Waals surface area contributed by atoms with E-state index < -0.39 is 17.0 Å². The first-order chi connectivity index (χ1) is 12.9. The van der Waals surface area contributed by atoms with Gasteiger partial charge in [-0.2, -0.15) is 0 Å². The number of aromatic nitrogens is 2. The summed E-state index contributed by atoms with van der Waals surface area (Å²) in [6, 6.07) is 11.8. The van der Waals surface area contributed by atoms with Crippen molar-refractivity contribution in [2.24, 2.45) is 0 Å². The first kappa shape index (κ1) is 18.2. The van der Waals surface area contributed by atoms with Gasteiger partial charge in [-0.15, -0.1) is 10.2 Å². The predicted molar refractivity (Wildman–Crippen MR) is 96.1 cm³/mol. The van der Waals surface area contributed by atoms with E-state index in [1.807, 2.05) is 31.2 Å². The monoisotopic (exact) mass is 367 g/mol. The summed E-state index contributed by atoms with van der Waals surface area (Å²) in [4.78, 5) is 22.9. The molecule has 3 aromatic rings. The van der Waals surface area contributed by atoms with Gasteiger partial charge in [0.15, 0.2) is 6.10 Å². The number of benzene rings is 2. The summed E-state index contributed by atoms with van der Waals surface area (Å²) < 4.78 is 11.0. The van der Waals surface area contributed by atoms with Gasteiger partial charge < -0.3 is 9.15 Å². The van der Waals surface area contributed by atoms with E-state index in [0.717, 1.165) is 11.1 Å². The predicted octanol–water partition coefficient (Wildman–Crippen LogP) is 4.18. The van der Waals surface area contributed by atoms with Crippen molar-refractivity contribution in [2.75, 3.05) is 0 Å². The quantitative estimate of drug-likeness (QED) is 0.378. The smallest absolute Gasteiger partial charge is 0.339 e. The molecule has 1 heterocycles. The number of carbonyl (C=O) groups excluding carboxylic acids is 1. The third kappa shape index (κ3) is 3.84. The Bertz CT molecular complexity index is 1010. The topological polar surface area (TPSA) is 108 Å². The molecule has 0 bridgehead atoms. The molecule has 0 aliphatic rings. The highest BCUT2D eigenvalue weighted by Gasteiger charge is 2.23. The molecule has 27 heavy (non-hydrogen) atoms. The van der Waals surface area contributed by atoms with Crippen molar-refractivity contribution in [1.29, 1.82) is 0 Å². The highest BCUT2D eigenvalue weighted by Crippen LogP contribution is 2.26. The fraction of sp³-hybridized carbons (Fsp3) is 0.211. The Morgan fingerprint density at radius 3 is 2.63 bits per heavy atom. The number of aryl methyl sites for hydroxylation is 1. The van der Waals surface area contributed by atoms with Gasteiger partial charge in [-0.1, -0.05) is 23.8 Å². The van der Waals surface area contributed by atoms with Crippen LogP contribution in [0.1, 0.15) is 40.4 Å². The lowest BCUT2D eigenvalue weighted by molar-refractivity contribution is -0.385. The zero-order chi connectivity index (χ0) is 19.6. The van der Waals surface area contributed by atoms with Gasteiger partial charge in [0.25, 0.3) is 11.6 Å². The molecule has 138 valence electrons. The van der Waals surface area contributed by atoms with Gasteiger partial charge in [0, 0.05) is 17.2 Å². The minimum atomic E-state index is -0.803. The minimum absolute atomic E-state index is 0.120. The Kier molecular flexibility index (Phi) is 4.98. The van der Waals surface area contributed by atoms with E-state index in [2.05, 4.69) is 10.2 Å². The average molecular weight is 367 g/mol. The molecule has 8 nitrogen and oxygen atoms in total. The van der Waals surface area contributed by atoms with Crippen LogP contribution in [0, 0.1) is 24.0 Å². The molecule has 0 saturated carbocycles. The fourth-order valence-corrected chi connectivity index (χ4v) is 2.61. The first-order valence-corrected chi connectivity index (χ1v) is 8.22. The van der Waals surface area contributed by atoms with E-state index in [1.165, 1.54) is 25.1 Å². The van der Waals surface area contributed by atoms with Crippen LogP contribution in [0.5, 0.6) is 0 Å². The molecule has 3 rings (SSSR count). The molecule has 0 radical (unpaired) electrons. The molecule has 0 amide bonds. The van der Waals surface area contributed by atoms with Crippen molar-refractivity contribution in [3.63, 3.8) is 0 Å². The molecule has 0 aliphatic heterocycles. The maximum atomic E-state index is 12.4. The number of carbonyl (C=O) groups is 1. The van der Waals surface area contributed by atoms with E-state index in [0.29, 0.717) is 5.89 Å². The SMILES string of the molecule is Cc1cccc(-c2nnc(C(C)OC(=O)c3cccc([N+](=O)[O-])c3C)o2)c1. The molecule has 8 heteroatoms. The molecular formula is C19H17N3O5. The van der Waals surface area contributed by atoms with Crippen LogP contribution in [-0.4, -0.2) is 21.1 Å². The molecule has 0 saturated heterocycles. The van der Waals surface area contributed by atoms with Gasteiger partial charge >= 0.3 is 5.97 Å². The number of nitro groups is 1. The van der Waals surface area contributed by atoms with Gasteiger partial charge in [0.1, 0.15) is 0 Å². The first-order valence-electron chi connectivity index (χ1n) is 8.22. The number of ether oxygens (including phenoxy) is 1. The van der Waals surface area contributed by atoms with Crippen LogP contribution in [0.25, 0.3) is 11.5 Å². The summed E-state index contributed by atoms with van der Waals surface area (Å²) in [5, 5.41) is 18.9. The van der Waals surface area contributed by atoms with Crippen LogP contribution in [-0.2, 0) is 4.74 Å². The fourth-order valence-electron chi connectivity index (χ4n) is 2.61. The lowest BCUT2D eigenvalue weighted by Gasteiger charge is -2.11. The van der Waals surface area contributed by atoms with Gasteiger partial charge in [-0.25, -0.2) is 4.79 Å². The summed E-state index contributed by atoms with van der Waals surface area (Å²) in [6.07, 6.45) is -0.803. The molecule has 1 atom stereocenters. The Balaban J connectivity index is 1.78. The maximum absolute atomic E-state index is 12.4. The third-order valence-corrected chi connectivity index (χ3v) is 4.06. The Labute approximate surface area is 155 Å². The molecule has 1 unspecified atom stereocenters. The van der Waals surface area contributed by atoms with Crippen molar-refractivity contribution >= 4 is 11.7 Å². The van der Waals surface area contributed by atoms with Gasteiger partial charge in [0.2, 0.25) is 5.89 Å². The van der Waals surface area contributed by atoms with Crippen LogP contribution in [0.2, 0.25) is 0 Å². The lowest BCUT2D eigenvalue weighted by Crippen LogP contribution is -2.11. The molecule has 2 aromatic carbocycles. The zero-order valence-electron chi connectivity index (χ0n) is 15.0. The second-order valence-electron chi connectivity index (χ2n) is 6.07. The molecule has 0 spiro atoms. The normalized spacial score (nSPS) is 11.8. The van der Waals surface area contributed by atoms with E-state index >= 15 is 0 Å². The zero-order valence-corrected chi connectivity index (χ0v) is 15.0. The van der Waals surface area contributed by atoms with Crippen LogP contribution < -0.4 is 0 Å². The van der Waals surface area contributed by atoms with Crippen molar-refractivity contribution < 1.29 is 18.9 Å². The third-order valence-electron chi connectivity index (χ3n) is 4.06. The van der Waals surface area contributed by atoms with Gasteiger partial charge in [-0.3, -0.25) is 10.1 Å². The number of hydrogen-bond donors (Lipinski definition) is 0. The molecule has 0 N–H and O–H groups in total. The van der Waals surface area contributed by atoms with E-state index in [-0.39, 0.29) is 22.7 Å². The van der Waals surface area contributed by atoms with Gasteiger partial charge in [-0.05, 0) is 39.0 Å². The Morgan fingerprint density at radius 2 is 1.93 bits per heavy atom. The number of nitrogens with zero attached hydrogens (tertiary/aromatic N) is 3. The highest BCUT2D eigenvalue weighted by atomic mass is 16.6. The second-order valence-corrected chi connectivity index (χ2v) is 6.07. The van der Waals surface area contributed by atoms with Crippen molar-refractivity contribution in [3.8, 4) is 11.5 Å². The van der Waals surface area contributed by atoms with E-state index in [9.17, 15) is 14.9 Å². The van der Waals surface area contributed by atoms with E-state index in [4.69, 9.17) is 9.15 Å². The Hall–Kier alpha value is -3.55. The largest absolute Gasteiger partial charge is 0.449 e. The standard InChI is InChI=1S/C19H17N3O5/c1-11-6-4-7-14(10-11)18-21-20-17(27-18)13(3)26-19(23)15-8-5-9-16(12(15)2)22(24)25/h4-10,13H,1-3H3. The summed E-state index contributed by atoms with van der Waals surface area (Å²) in [7, 11) is 0. The highest BCUT2D eigenvalue weighted by molar-refractivity contribution is 5.92. The van der Waals surface area contributed by atoms with Crippen molar-refractivity contribution in [1.82, 2.24) is 10.2 Å². The summed E-state index contributed by atoms with van der Waals surface area (Å²) in [6.45, 7) is 5.05. The van der Waals surface area contributed by atoms with E-state index in [1.54, 1.807) is 6.92 Å². The second kappa shape index (κ2) is 7.36. The van der Waals surface area contributed by atoms with Crippen molar-refractivity contribution in [3.05, 3.63) is 75.2 Å². The van der Waals surface area contributed by atoms with Crippen LogP contribution >= 0.6 is 0 Å². The number of rotatable bonds is 5. The molecular weight excluding hydrogens is 350 g/mol.